The van der Waals surface area contributed by atoms with E-state index in [9.17, 15) is 9.59 Å². The van der Waals surface area contributed by atoms with Crippen molar-refractivity contribution in [1.82, 2.24) is 4.57 Å². The number of carbonyl (C=O) groups is 1. The van der Waals surface area contributed by atoms with Crippen LogP contribution in [0.2, 0.25) is 10.0 Å². The lowest BCUT2D eigenvalue weighted by Crippen LogP contribution is -2.39. The second-order valence-electron chi connectivity index (χ2n) is 10.3. The maximum Gasteiger partial charge on any atom is 0.338 e. The maximum atomic E-state index is 14.2. The number of hydrogen-bond donors (Lipinski definition) is 0. The van der Waals surface area contributed by atoms with Gasteiger partial charge in [-0.1, -0.05) is 113 Å². The van der Waals surface area contributed by atoms with Crippen LogP contribution in [0.4, 0.5) is 0 Å². The number of rotatable bonds is 9. The van der Waals surface area contributed by atoms with E-state index in [4.69, 9.17) is 42.4 Å². The van der Waals surface area contributed by atoms with Crippen LogP contribution in [-0.4, -0.2) is 24.3 Å². The van der Waals surface area contributed by atoms with Gasteiger partial charge in [0.25, 0.3) is 5.56 Å². The van der Waals surface area contributed by atoms with E-state index in [0.29, 0.717) is 47.7 Å². The second-order valence-corrected chi connectivity index (χ2v) is 12.1. The minimum Gasteiger partial charge on any atom is -0.493 e. The van der Waals surface area contributed by atoms with Crippen LogP contribution in [0, 0.1) is 0 Å². The molecule has 7 nitrogen and oxygen atoms in total. The third-order valence-corrected chi connectivity index (χ3v) is 9.00. The molecule has 232 valence electrons. The van der Waals surface area contributed by atoms with Gasteiger partial charge in [0.1, 0.15) is 6.61 Å². The Balaban J connectivity index is 1.49. The topological polar surface area (TPSA) is 79.1 Å². The summed E-state index contributed by atoms with van der Waals surface area (Å²) >= 11 is 14.2. The molecule has 1 aliphatic heterocycles. The number of carbonyl (C=O) groups excluding carboxylic acids is 1. The molecule has 0 N–H and O–H groups in total. The summed E-state index contributed by atoms with van der Waals surface area (Å²) in [7, 11) is 1.52. The summed E-state index contributed by atoms with van der Waals surface area (Å²) in [5, 5.41) is 0.892. The van der Waals surface area contributed by atoms with E-state index in [1.54, 1.807) is 35.8 Å². The van der Waals surface area contributed by atoms with E-state index in [0.717, 1.165) is 16.7 Å². The summed E-state index contributed by atoms with van der Waals surface area (Å²) in [5.41, 5.74) is 3.38. The molecule has 0 amide bonds. The second kappa shape index (κ2) is 13.8. The van der Waals surface area contributed by atoms with Crippen molar-refractivity contribution in [2.45, 2.75) is 19.6 Å². The Morgan fingerprint density at radius 3 is 2.35 bits per heavy atom. The van der Waals surface area contributed by atoms with Crippen molar-refractivity contribution in [2.75, 3.05) is 13.7 Å². The maximum absolute atomic E-state index is 14.2. The molecule has 1 aliphatic rings. The first-order chi connectivity index (χ1) is 22.4. The molecule has 0 bridgehead atoms. The molecule has 0 aliphatic carbocycles. The number of hydrogen-bond acceptors (Lipinski definition) is 7. The standard InChI is InChI=1S/C36H28Cl2N2O5S/c1-3-44-35(42)30-31(23-12-6-4-7-13-23)39-36-40(32(30)24-14-8-5-9-15-24)34(41)29(46-36)20-22-18-27(38)33(28(19-22)43-2)45-21-25-16-10-11-17-26(25)37/h4-20,32H,3,21H2,1-2H3/b29-20-/t32-/m0/s1. The Hall–Kier alpha value is -4.63. The van der Waals surface area contributed by atoms with Gasteiger partial charge < -0.3 is 14.2 Å². The van der Waals surface area contributed by atoms with E-state index in [-0.39, 0.29) is 18.8 Å². The van der Waals surface area contributed by atoms with E-state index in [2.05, 4.69) is 0 Å². The lowest BCUT2D eigenvalue weighted by molar-refractivity contribution is -0.138. The van der Waals surface area contributed by atoms with Gasteiger partial charge in [-0.15, -0.1) is 0 Å². The molecule has 0 spiro atoms. The van der Waals surface area contributed by atoms with Crippen molar-refractivity contribution >= 4 is 52.3 Å². The normalized spacial score (nSPS) is 14.4. The fraction of sp³-hybridized carbons (Fsp3) is 0.139. The van der Waals surface area contributed by atoms with Crippen LogP contribution >= 0.6 is 34.5 Å². The van der Waals surface area contributed by atoms with Crippen LogP contribution in [0.3, 0.4) is 0 Å². The SMILES string of the molecule is CCOC(=O)C1=C(c2ccccc2)N=c2s/c(=C\c3cc(Cl)c(OCc4ccccc4Cl)c(OC)c3)c(=O)n2[C@H]1c1ccccc1. The first-order valence-corrected chi connectivity index (χ1v) is 16.0. The summed E-state index contributed by atoms with van der Waals surface area (Å²) in [6.45, 7) is 2.12. The third kappa shape index (κ3) is 6.24. The Morgan fingerprint density at radius 2 is 1.65 bits per heavy atom. The van der Waals surface area contributed by atoms with Crippen molar-refractivity contribution in [3.05, 3.63) is 155 Å². The van der Waals surface area contributed by atoms with Gasteiger partial charge in [0.2, 0.25) is 0 Å². The number of halogens is 2. The first kappa shape index (κ1) is 31.4. The summed E-state index contributed by atoms with van der Waals surface area (Å²) in [6, 6.07) is 28.9. The van der Waals surface area contributed by atoms with Gasteiger partial charge in [-0.05, 0) is 42.3 Å². The fourth-order valence-corrected chi connectivity index (χ4v) is 6.74. The number of benzene rings is 4. The van der Waals surface area contributed by atoms with E-state index < -0.39 is 12.0 Å². The highest BCUT2D eigenvalue weighted by molar-refractivity contribution is 7.07. The highest BCUT2D eigenvalue weighted by Gasteiger charge is 2.35. The van der Waals surface area contributed by atoms with Crippen LogP contribution in [0.5, 0.6) is 11.5 Å². The van der Waals surface area contributed by atoms with Gasteiger partial charge in [0.15, 0.2) is 16.3 Å². The molecule has 4 aromatic carbocycles. The molecule has 46 heavy (non-hydrogen) atoms. The highest BCUT2D eigenvalue weighted by atomic mass is 35.5. The molecule has 2 heterocycles. The molecule has 1 atom stereocenters. The van der Waals surface area contributed by atoms with E-state index in [1.807, 2.05) is 78.9 Å². The van der Waals surface area contributed by atoms with Crippen molar-refractivity contribution < 1.29 is 19.0 Å². The Morgan fingerprint density at radius 1 is 0.957 bits per heavy atom. The van der Waals surface area contributed by atoms with Crippen LogP contribution in [0.25, 0.3) is 11.8 Å². The lowest BCUT2D eigenvalue weighted by Gasteiger charge is -2.25. The summed E-state index contributed by atoms with van der Waals surface area (Å²) in [4.78, 5) is 33.1. The molecule has 6 rings (SSSR count). The van der Waals surface area contributed by atoms with Crippen LogP contribution in [0.15, 0.2) is 112 Å². The molecule has 1 aromatic heterocycles. The summed E-state index contributed by atoms with van der Waals surface area (Å²) in [5.74, 6) is 0.229. The molecular weight excluding hydrogens is 643 g/mol. The van der Waals surface area contributed by atoms with Crippen LogP contribution in [-0.2, 0) is 16.1 Å². The average Bonchev–Trinajstić information content (AvgIpc) is 3.38. The number of thiazole rings is 1. The number of nitrogens with zero attached hydrogens (tertiary/aromatic N) is 2. The fourth-order valence-electron chi connectivity index (χ4n) is 5.27. The number of methoxy groups -OCH3 is 1. The summed E-state index contributed by atoms with van der Waals surface area (Å²) < 4.78 is 19.1. The van der Waals surface area contributed by atoms with Gasteiger partial charge in [-0.25, -0.2) is 9.79 Å². The van der Waals surface area contributed by atoms with Crippen molar-refractivity contribution in [2.24, 2.45) is 4.99 Å². The van der Waals surface area contributed by atoms with Gasteiger partial charge in [0, 0.05) is 16.1 Å². The predicted molar refractivity (Wildman–Crippen MR) is 181 cm³/mol. The minimum absolute atomic E-state index is 0.178. The Bertz CT molecular complexity index is 2130. The zero-order valence-electron chi connectivity index (χ0n) is 24.9. The molecule has 10 heteroatoms. The van der Waals surface area contributed by atoms with Crippen molar-refractivity contribution in [3.63, 3.8) is 0 Å². The van der Waals surface area contributed by atoms with Crippen LogP contribution in [0.1, 0.15) is 35.2 Å². The van der Waals surface area contributed by atoms with Crippen molar-refractivity contribution in [3.8, 4) is 11.5 Å². The quantitative estimate of drug-likeness (QED) is 0.161. The van der Waals surface area contributed by atoms with Crippen molar-refractivity contribution in [1.29, 1.82) is 0 Å². The smallest absolute Gasteiger partial charge is 0.338 e. The molecule has 0 saturated carbocycles. The molecule has 0 fully saturated rings. The first-order valence-electron chi connectivity index (χ1n) is 14.5. The summed E-state index contributed by atoms with van der Waals surface area (Å²) in [6.07, 6.45) is 1.73. The number of esters is 1. The molecule has 0 saturated heterocycles. The zero-order chi connectivity index (χ0) is 32.2. The Labute approximate surface area is 279 Å². The van der Waals surface area contributed by atoms with E-state index >= 15 is 0 Å². The predicted octanol–water partition coefficient (Wildman–Crippen LogP) is 6.83. The highest BCUT2D eigenvalue weighted by Crippen LogP contribution is 2.38. The monoisotopic (exact) mass is 670 g/mol. The van der Waals surface area contributed by atoms with Gasteiger partial charge in [-0.3, -0.25) is 9.36 Å². The lowest BCUT2D eigenvalue weighted by atomic mass is 9.93. The zero-order valence-corrected chi connectivity index (χ0v) is 27.2. The Kier molecular flexibility index (Phi) is 9.40. The molecule has 5 aromatic rings. The number of fused-ring (bicyclic) bond motifs is 1. The molecule has 0 unspecified atom stereocenters. The largest absolute Gasteiger partial charge is 0.493 e. The van der Waals surface area contributed by atoms with E-state index in [1.165, 1.54) is 18.4 Å². The molecular formula is C36H28Cl2N2O5S. The average molecular weight is 672 g/mol. The number of aromatic nitrogens is 1. The third-order valence-electron chi connectivity index (χ3n) is 7.37. The number of ether oxygens (including phenoxy) is 3. The van der Waals surface area contributed by atoms with Gasteiger partial charge >= 0.3 is 5.97 Å². The minimum atomic E-state index is -0.757. The van der Waals surface area contributed by atoms with Crippen LogP contribution < -0.4 is 24.4 Å². The van der Waals surface area contributed by atoms with Gasteiger partial charge in [0.05, 0.1) is 40.6 Å². The molecule has 0 radical (unpaired) electrons. The van der Waals surface area contributed by atoms with Gasteiger partial charge in [-0.2, -0.15) is 0 Å².